The molecule has 0 spiro atoms. The molecule has 4 heteroatoms. The van der Waals surface area contributed by atoms with Crippen LogP contribution in [0.2, 0.25) is 0 Å². The molecule has 3 aromatic heterocycles. The van der Waals surface area contributed by atoms with E-state index in [0.717, 1.165) is 77.0 Å². The molecular formula is C48H27N3O. The monoisotopic (exact) mass is 661 g/mol. The molecule has 240 valence electrons. The Morgan fingerprint density at radius 2 is 1.06 bits per heavy atom. The number of hydrogen-bond donors (Lipinski definition) is 0. The van der Waals surface area contributed by atoms with Crippen molar-refractivity contribution in [3.05, 3.63) is 164 Å². The van der Waals surface area contributed by atoms with Crippen LogP contribution in [0.1, 0.15) is 0 Å². The minimum Gasteiger partial charge on any atom is -0.456 e. The zero-order valence-corrected chi connectivity index (χ0v) is 27.8. The average molecular weight is 662 g/mol. The summed E-state index contributed by atoms with van der Waals surface area (Å²) in [6, 6.07) is 58.4. The maximum atomic E-state index is 6.13. The molecule has 9 aromatic carbocycles. The maximum absolute atomic E-state index is 6.13. The number of para-hydroxylation sites is 3. The molecule has 0 saturated carbocycles. The Balaban J connectivity index is 1.10. The van der Waals surface area contributed by atoms with Crippen LogP contribution >= 0.6 is 0 Å². The second-order valence-electron chi connectivity index (χ2n) is 13.8. The van der Waals surface area contributed by atoms with Crippen molar-refractivity contribution in [2.75, 3.05) is 0 Å². The molecule has 3 heterocycles. The average Bonchev–Trinajstić information content (AvgIpc) is 3.74. The Bertz CT molecular complexity index is 3410. The lowest BCUT2D eigenvalue weighted by atomic mass is 9.90. The van der Waals surface area contributed by atoms with E-state index in [0.29, 0.717) is 5.95 Å². The normalized spacial score (nSPS) is 12.2. The van der Waals surface area contributed by atoms with Crippen molar-refractivity contribution in [1.29, 1.82) is 0 Å². The Morgan fingerprint density at radius 1 is 0.404 bits per heavy atom. The van der Waals surface area contributed by atoms with Crippen LogP contribution in [0, 0.1) is 0 Å². The highest BCUT2D eigenvalue weighted by molar-refractivity contribution is 6.26. The third-order valence-corrected chi connectivity index (χ3v) is 11.0. The first-order chi connectivity index (χ1) is 25.8. The van der Waals surface area contributed by atoms with Crippen LogP contribution in [0.15, 0.2) is 168 Å². The topological polar surface area (TPSA) is 43.9 Å². The zero-order chi connectivity index (χ0) is 33.9. The molecule has 0 aliphatic carbocycles. The summed E-state index contributed by atoms with van der Waals surface area (Å²) in [6.45, 7) is 0. The van der Waals surface area contributed by atoms with Gasteiger partial charge in [0.25, 0.3) is 0 Å². The lowest BCUT2D eigenvalue weighted by Crippen LogP contribution is -2.03. The van der Waals surface area contributed by atoms with Crippen LogP contribution in [0.3, 0.4) is 0 Å². The Morgan fingerprint density at radius 3 is 1.94 bits per heavy atom. The highest BCUT2D eigenvalue weighted by Crippen LogP contribution is 2.42. The van der Waals surface area contributed by atoms with E-state index in [2.05, 4.69) is 156 Å². The van der Waals surface area contributed by atoms with Crippen LogP contribution in [0.25, 0.3) is 115 Å². The fourth-order valence-electron chi connectivity index (χ4n) is 8.59. The summed E-state index contributed by atoms with van der Waals surface area (Å²) in [5, 5.41) is 13.1. The molecule has 0 radical (unpaired) electrons. The van der Waals surface area contributed by atoms with Crippen molar-refractivity contribution in [2.45, 2.75) is 0 Å². The van der Waals surface area contributed by atoms with Crippen molar-refractivity contribution in [2.24, 2.45) is 0 Å². The van der Waals surface area contributed by atoms with Crippen LogP contribution in [0.4, 0.5) is 0 Å². The molecule has 0 atom stereocenters. The zero-order valence-electron chi connectivity index (χ0n) is 27.8. The first kappa shape index (κ1) is 27.7. The van der Waals surface area contributed by atoms with Crippen LogP contribution in [-0.4, -0.2) is 14.5 Å². The van der Waals surface area contributed by atoms with E-state index >= 15 is 0 Å². The first-order valence-electron chi connectivity index (χ1n) is 17.7. The highest BCUT2D eigenvalue weighted by Gasteiger charge is 2.20. The predicted octanol–water partition coefficient (Wildman–Crippen LogP) is 12.9. The fourth-order valence-corrected chi connectivity index (χ4v) is 8.59. The molecule has 0 saturated heterocycles. The van der Waals surface area contributed by atoms with E-state index in [1.54, 1.807) is 0 Å². The van der Waals surface area contributed by atoms with Crippen molar-refractivity contribution < 1.29 is 4.42 Å². The number of hydrogen-bond acceptors (Lipinski definition) is 3. The van der Waals surface area contributed by atoms with E-state index in [-0.39, 0.29) is 0 Å². The van der Waals surface area contributed by atoms with Crippen LogP contribution < -0.4 is 0 Å². The summed E-state index contributed by atoms with van der Waals surface area (Å²) < 4.78 is 8.36. The molecule has 12 rings (SSSR count). The van der Waals surface area contributed by atoms with Gasteiger partial charge in [-0.1, -0.05) is 121 Å². The molecule has 4 nitrogen and oxygen atoms in total. The van der Waals surface area contributed by atoms with E-state index in [1.165, 1.54) is 32.3 Å². The van der Waals surface area contributed by atoms with E-state index in [1.807, 2.05) is 12.1 Å². The quantitative estimate of drug-likeness (QED) is 0.177. The largest absolute Gasteiger partial charge is 0.456 e. The molecular weight excluding hydrogens is 635 g/mol. The molecule has 0 unspecified atom stereocenters. The number of benzene rings is 9. The number of aromatic nitrogens is 3. The maximum Gasteiger partial charge on any atom is 0.235 e. The first-order valence-corrected chi connectivity index (χ1v) is 17.7. The minimum absolute atomic E-state index is 0.657. The van der Waals surface area contributed by atoms with Crippen molar-refractivity contribution in [3.63, 3.8) is 0 Å². The van der Waals surface area contributed by atoms with Crippen LogP contribution in [0.5, 0.6) is 0 Å². The Kier molecular flexibility index (Phi) is 5.47. The fraction of sp³-hybridized carbons (Fsp3) is 0. The van der Waals surface area contributed by atoms with E-state index in [4.69, 9.17) is 14.4 Å². The van der Waals surface area contributed by atoms with Crippen molar-refractivity contribution in [1.82, 2.24) is 14.5 Å². The van der Waals surface area contributed by atoms with Gasteiger partial charge in [-0.25, -0.2) is 9.97 Å². The SMILES string of the molecule is c1cc2ccc3ccc(-c4nc(-n5c6ccccc6c6cc(-c7ccc8oc9ccccc9c8c7)ccc65)nc5ccccc45)c4ccc(c1)c2c34. The van der Waals surface area contributed by atoms with Crippen molar-refractivity contribution in [3.8, 4) is 28.3 Å². The third kappa shape index (κ3) is 3.81. The van der Waals surface area contributed by atoms with Gasteiger partial charge in [-0.05, 0) is 85.9 Å². The lowest BCUT2D eigenvalue weighted by Gasteiger charge is -2.16. The number of rotatable bonds is 3. The van der Waals surface area contributed by atoms with E-state index < -0.39 is 0 Å². The summed E-state index contributed by atoms with van der Waals surface area (Å²) >= 11 is 0. The molecule has 0 fully saturated rings. The molecule has 0 aliphatic heterocycles. The second kappa shape index (κ2) is 10.3. The van der Waals surface area contributed by atoms with Crippen LogP contribution in [-0.2, 0) is 0 Å². The summed E-state index contributed by atoms with van der Waals surface area (Å²) in [5.74, 6) is 0.657. The van der Waals surface area contributed by atoms with Gasteiger partial charge in [0, 0.05) is 32.5 Å². The number of fused-ring (bicyclic) bond motifs is 7. The molecule has 0 amide bonds. The van der Waals surface area contributed by atoms with Gasteiger partial charge >= 0.3 is 0 Å². The predicted molar refractivity (Wildman–Crippen MR) is 216 cm³/mol. The minimum atomic E-state index is 0.657. The third-order valence-electron chi connectivity index (χ3n) is 11.0. The van der Waals surface area contributed by atoms with Gasteiger partial charge in [-0.15, -0.1) is 0 Å². The standard InChI is InChI=1S/C48H27N3O/c1-4-13-40-37(12-1)47(36-23-19-30-17-16-28-8-7-9-29-18-22-35(36)46(30)45(28)29)50-48(49-40)51-41-14-5-2-10-33(41)38-26-31(20-24-42(38)51)32-21-25-44-39(27-32)34-11-3-6-15-43(34)52-44/h1-27H. The van der Waals surface area contributed by atoms with Gasteiger partial charge in [0.15, 0.2) is 0 Å². The van der Waals surface area contributed by atoms with Gasteiger partial charge in [0.05, 0.1) is 22.2 Å². The van der Waals surface area contributed by atoms with Gasteiger partial charge in [-0.3, -0.25) is 4.57 Å². The van der Waals surface area contributed by atoms with Crippen molar-refractivity contribution >= 4 is 87.0 Å². The molecule has 0 bridgehead atoms. The van der Waals surface area contributed by atoms with Gasteiger partial charge < -0.3 is 4.42 Å². The molecule has 0 N–H and O–H groups in total. The van der Waals surface area contributed by atoms with Gasteiger partial charge in [0.1, 0.15) is 11.2 Å². The summed E-state index contributed by atoms with van der Waals surface area (Å²) in [6.07, 6.45) is 0. The van der Waals surface area contributed by atoms with E-state index in [9.17, 15) is 0 Å². The number of furan rings is 1. The highest BCUT2D eigenvalue weighted by atomic mass is 16.3. The summed E-state index contributed by atoms with van der Waals surface area (Å²) in [4.78, 5) is 10.7. The summed E-state index contributed by atoms with van der Waals surface area (Å²) in [5.41, 5.74) is 9.20. The second-order valence-corrected chi connectivity index (χ2v) is 13.8. The molecule has 0 aliphatic rings. The van der Waals surface area contributed by atoms with Gasteiger partial charge in [0.2, 0.25) is 5.95 Å². The summed E-state index contributed by atoms with van der Waals surface area (Å²) in [7, 11) is 0. The van der Waals surface area contributed by atoms with Gasteiger partial charge in [-0.2, -0.15) is 0 Å². The number of nitrogens with zero attached hydrogens (tertiary/aromatic N) is 3. The smallest absolute Gasteiger partial charge is 0.235 e. The lowest BCUT2D eigenvalue weighted by molar-refractivity contribution is 0.669. The molecule has 12 aromatic rings. The molecule has 52 heavy (non-hydrogen) atoms. The Labute approximate surface area is 297 Å². The Hall–Kier alpha value is -7.04.